The van der Waals surface area contributed by atoms with E-state index in [-0.39, 0.29) is 22.0 Å². The van der Waals surface area contributed by atoms with Gasteiger partial charge in [-0.3, -0.25) is 14.9 Å². The SMILES string of the molecule is COc1cc(CC2SC(=O)NC2=O)cc(-c2cc3c(cc2C)C(C)(C)CCC3(C)C)c1OC. The maximum atomic E-state index is 12.2. The van der Waals surface area contributed by atoms with Crippen molar-refractivity contribution in [3.8, 4) is 22.6 Å². The van der Waals surface area contributed by atoms with Crippen molar-refractivity contribution in [2.24, 2.45) is 0 Å². The summed E-state index contributed by atoms with van der Waals surface area (Å²) < 4.78 is 11.5. The fourth-order valence-corrected chi connectivity index (χ4v) is 5.95. The smallest absolute Gasteiger partial charge is 0.286 e. The molecule has 1 aliphatic carbocycles. The van der Waals surface area contributed by atoms with Gasteiger partial charge in [0, 0.05) is 5.56 Å². The molecular weight excluding hydrogens is 434 g/mol. The molecule has 2 aromatic carbocycles. The van der Waals surface area contributed by atoms with Crippen molar-refractivity contribution in [1.29, 1.82) is 0 Å². The summed E-state index contributed by atoms with van der Waals surface area (Å²) in [6.07, 6.45) is 2.74. The van der Waals surface area contributed by atoms with E-state index in [1.165, 1.54) is 16.7 Å². The number of methoxy groups -OCH3 is 2. The van der Waals surface area contributed by atoms with E-state index < -0.39 is 5.25 Å². The first-order valence-electron chi connectivity index (χ1n) is 11.4. The zero-order valence-electron chi connectivity index (χ0n) is 20.5. The van der Waals surface area contributed by atoms with Gasteiger partial charge < -0.3 is 9.47 Å². The molecule has 1 aliphatic heterocycles. The van der Waals surface area contributed by atoms with Crippen LogP contribution in [0.5, 0.6) is 11.5 Å². The topological polar surface area (TPSA) is 64.6 Å². The molecule has 1 atom stereocenters. The Morgan fingerprint density at radius 2 is 1.58 bits per heavy atom. The first kappa shape index (κ1) is 23.7. The van der Waals surface area contributed by atoms with Crippen LogP contribution in [0.25, 0.3) is 11.1 Å². The highest BCUT2D eigenvalue weighted by molar-refractivity contribution is 8.15. The van der Waals surface area contributed by atoms with Crippen LogP contribution in [0.2, 0.25) is 0 Å². The van der Waals surface area contributed by atoms with E-state index in [2.05, 4.69) is 58.1 Å². The Bertz CT molecular complexity index is 1140. The highest BCUT2D eigenvalue weighted by atomic mass is 32.2. The van der Waals surface area contributed by atoms with Gasteiger partial charge in [-0.25, -0.2) is 0 Å². The molecule has 1 unspecified atom stereocenters. The van der Waals surface area contributed by atoms with Crippen molar-refractivity contribution in [1.82, 2.24) is 5.32 Å². The summed E-state index contributed by atoms with van der Waals surface area (Å²) in [6.45, 7) is 11.4. The van der Waals surface area contributed by atoms with E-state index in [0.717, 1.165) is 41.3 Å². The van der Waals surface area contributed by atoms with Crippen LogP contribution in [-0.2, 0) is 22.0 Å². The number of ether oxygens (including phenoxy) is 2. The van der Waals surface area contributed by atoms with E-state index in [9.17, 15) is 9.59 Å². The minimum absolute atomic E-state index is 0.0845. The monoisotopic (exact) mass is 467 g/mol. The Balaban J connectivity index is 1.88. The van der Waals surface area contributed by atoms with Gasteiger partial charge in [0.15, 0.2) is 11.5 Å². The lowest BCUT2D eigenvalue weighted by atomic mass is 9.62. The number of benzene rings is 2. The number of rotatable bonds is 5. The molecule has 1 saturated heterocycles. The zero-order valence-corrected chi connectivity index (χ0v) is 21.4. The summed E-state index contributed by atoms with van der Waals surface area (Å²) >= 11 is 1.04. The first-order valence-corrected chi connectivity index (χ1v) is 12.3. The molecule has 0 aromatic heterocycles. The van der Waals surface area contributed by atoms with Gasteiger partial charge >= 0.3 is 0 Å². The number of hydrogen-bond acceptors (Lipinski definition) is 5. The number of carbonyl (C=O) groups excluding carboxylic acids is 2. The van der Waals surface area contributed by atoms with E-state index in [1.807, 2.05) is 6.07 Å². The van der Waals surface area contributed by atoms with Crippen LogP contribution in [0, 0.1) is 6.92 Å². The molecule has 2 amide bonds. The van der Waals surface area contributed by atoms with Gasteiger partial charge in [0.05, 0.1) is 19.5 Å². The van der Waals surface area contributed by atoms with Crippen LogP contribution < -0.4 is 14.8 Å². The summed E-state index contributed by atoms with van der Waals surface area (Å²) in [5, 5.41) is 1.65. The lowest BCUT2D eigenvalue weighted by Crippen LogP contribution is -2.34. The van der Waals surface area contributed by atoms with Crippen LogP contribution >= 0.6 is 11.8 Å². The Labute approximate surface area is 200 Å². The number of nitrogens with one attached hydrogen (secondary N) is 1. The van der Waals surface area contributed by atoms with Crippen molar-refractivity contribution in [2.45, 2.75) is 70.0 Å². The maximum absolute atomic E-state index is 12.2. The summed E-state index contributed by atoms with van der Waals surface area (Å²) in [5.74, 6) is 1.06. The van der Waals surface area contributed by atoms with Gasteiger partial charge in [-0.15, -0.1) is 0 Å². The second-order valence-electron chi connectivity index (χ2n) is 10.4. The van der Waals surface area contributed by atoms with Crippen molar-refractivity contribution >= 4 is 22.9 Å². The third kappa shape index (κ3) is 4.25. The van der Waals surface area contributed by atoms with Crippen molar-refractivity contribution in [2.75, 3.05) is 14.2 Å². The fraction of sp³-hybridized carbons (Fsp3) is 0.481. The number of hydrogen-bond donors (Lipinski definition) is 1. The van der Waals surface area contributed by atoms with E-state index in [1.54, 1.807) is 14.2 Å². The number of amides is 2. The van der Waals surface area contributed by atoms with E-state index >= 15 is 0 Å². The first-order chi connectivity index (χ1) is 15.5. The highest BCUT2D eigenvalue weighted by Crippen LogP contribution is 2.49. The Kier molecular flexibility index (Phi) is 6.02. The van der Waals surface area contributed by atoms with Crippen LogP contribution in [0.1, 0.15) is 62.8 Å². The Morgan fingerprint density at radius 3 is 2.12 bits per heavy atom. The van der Waals surface area contributed by atoms with Gasteiger partial charge in [-0.05, 0) is 83.0 Å². The molecule has 0 radical (unpaired) electrons. The van der Waals surface area contributed by atoms with E-state index in [0.29, 0.717) is 17.9 Å². The van der Waals surface area contributed by atoms with Gasteiger partial charge in [-0.2, -0.15) is 0 Å². The van der Waals surface area contributed by atoms with Crippen LogP contribution in [0.4, 0.5) is 4.79 Å². The second kappa shape index (κ2) is 8.39. The lowest BCUT2D eigenvalue weighted by Gasteiger charge is -2.42. The Morgan fingerprint density at radius 1 is 0.939 bits per heavy atom. The van der Waals surface area contributed by atoms with Crippen molar-refractivity contribution in [3.63, 3.8) is 0 Å². The second-order valence-corrected chi connectivity index (χ2v) is 11.6. The zero-order chi connectivity index (χ0) is 24.1. The molecule has 33 heavy (non-hydrogen) atoms. The molecule has 1 heterocycles. The molecule has 6 heteroatoms. The molecule has 2 aromatic rings. The third-order valence-electron chi connectivity index (χ3n) is 7.21. The lowest BCUT2D eigenvalue weighted by molar-refractivity contribution is -0.118. The maximum Gasteiger partial charge on any atom is 0.286 e. The normalized spacial score (nSPS) is 20.9. The fourth-order valence-electron chi connectivity index (χ4n) is 5.09. The molecule has 176 valence electrons. The van der Waals surface area contributed by atoms with Gasteiger partial charge in [-0.1, -0.05) is 45.5 Å². The molecule has 1 fully saturated rings. The minimum Gasteiger partial charge on any atom is -0.493 e. The van der Waals surface area contributed by atoms with Gasteiger partial charge in [0.1, 0.15) is 0 Å². The number of thioether (sulfide) groups is 1. The number of aryl methyl sites for hydroxylation is 1. The van der Waals surface area contributed by atoms with Crippen LogP contribution in [0.15, 0.2) is 24.3 Å². The van der Waals surface area contributed by atoms with Crippen LogP contribution in [0.3, 0.4) is 0 Å². The number of imide groups is 1. The van der Waals surface area contributed by atoms with Crippen molar-refractivity contribution < 1.29 is 19.1 Å². The molecule has 0 saturated carbocycles. The predicted molar refractivity (Wildman–Crippen MR) is 134 cm³/mol. The van der Waals surface area contributed by atoms with Gasteiger partial charge in [0.25, 0.3) is 5.24 Å². The number of fused-ring (bicyclic) bond motifs is 1. The standard InChI is InChI=1S/C27H33NO4S/c1-15-10-19-20(27(4,5)9-8-26(19,2)3)14-17(15)18-11-16(12-21(31-6)23(18)32-7)13-22-24(29)28-25(30)33-22/h10-12,14,22H,8-9,13H2,1-7H3,(H,28,29,30). The van der Waals surface area contributed by atoms with Crippen molar-refractivity contribution in [3.05, 3.63) is 46.5 Å². The molecule has 5 nitrogen and oxygen atoms in total. The largest absolute Gasteiger partial charge is 0.493 e. The summed E-state index contributed by atoms with van der Waals surface area (Å²) in [7, 11) is 3.28. The van der Waals surface area contributed by atoms with Crippen LogP contribution in [-0.4, -0.2) is 30.6 Å². The average Bonchev–Trinajstić information content (AvgIpc) is 3.07. The quantitative estimate of drug-likeness (QED) is 0.591. The predicted octanol–water partition coefficient (Wildman–Crippen LogP) is 5.92. The van der Waals surface area contributed by atoms with E-state index in [4.69, 9.17) is 9.47 Å². The molecule has 0 spiro atoms. The summed E-state index contributed by atoms with van der Waals surface area (Å²) in [6, 6.07) is 8.64. The molecule has 0 bridgehead atoms. The summed E-state index contributed by atoms with van der Waals surface area (Å²) in [4.78, 5) is 23.8. The Hall–Kier alpha value is -2.47. The molecular formula is C27H33NO4S. The molecule has 1 N–H and O–H groups in total. The van der Waals surface area contributed by atoms with Gasteiger partial charge in [0.2, 0.25) is 5.91 Å². The molecule has 4 rings (SSSR count). The highest BCUT2D eigenvalue weighted by Gasteiger charge is 2.38. The minimum atomic E-state index is -0.437. The number of carbonyl (C=O) groups is 2. The summed E-state index contributed by atoms with van der Waals surface area (Å²) in [5.41, 5.74) is 7.18. The molecule has 2 aliphatic rings. The average molecular weight is 468 g/mol. The third-order valence-corrected chi connectivity index (χ3v) is 8.20.